The third-order valence-electron chi connectivity index (χ3n) is 1.63. The number of ether oxygens (including phenoxy) is 1. The van der Waals surface area contributed by atoms with Gasteiger partial charge >= 0.3 is 5.97 Å². The number of carbonyl (C=O) groups is 1. The van der Waals surface area contributed by atoms with E-state index in [-0.39, 0.29) is 5.56 Å². The molecule has 1 rings (SSSR count). The maximum absolute atomic E-state index is 13.1. The van der Waals surface area contributed by atoms with Crippen LogP contribution in [0.2, 0.25) is 0 Å². The van der Waals surface area contributed by atoms with Crippen molar-refractivity contribution in [2.24, 2.45) is 4.99 Å². The van der Waals surface area contributed by atoms with Crippen LogP contribution in [0.5, 0.6) is 0 Å². The third kappa shape index (κ3) is 2.05. The minimum atomic E-state index is -1.39. The standard InChI is InChI=1S/C9H5F2NO3/c1-15-9(14)5-2-3-6(10)7(11)8(5)12-4-13/h2-3H,1H3. The number of carbonyl (C=O) groups excluding carboxylic acids is 2. The number of hydrogen-bond donors (Lipinski definition) is 0. The Morgan fingerprint density at radius 1 is 1.47 bits per heavy atom. The van der Waals surface area contributed by atoms with E-state index in [1.165, 1.54) is 0 Å². The number of nitrogens with zero attached hydrogens (tertiary/aromatic N) is 1. The van der Waals surface area contributed by atoms with Crippen LogP contribution in [0.3, 0.4) is 0 Å². The topological polar surface area (TPSA) is 55.7 Å². The molecule has 4 nitrogen and oxygen atoms in total. The predicted molar refractivity (Wildman–Crippen MR) is 45.5 cm³/mol. The minimum Gasteiger partial charge on any atom is -0.465 e. The van der Waals surface area contributed by atoms with E-state index in [9.17, 15) is 18.4 Å². The zero-order chi connectivity index (χ0) is 11.4. The number of benzene rings is 1. The van der Waals surface area contributed by atoms with Gasteiger partial charge in [-0.05, 0) is 12.1 Å². The maximum Gasteiger partial charge on any atom is 0.340 e. The molecule has 0 heterocycles. The average molecular weight is 213 g/mol. The summed E-state index contributed by atoms with van der Waals surface area (Å²) in [6.07, 6.45) is 1.03. The SMILES string of the molecule is COC(=O)c1ccc(F)c(F)c1N=C=O. The average Bonchev–Trinajstić information content (AvgIpc) is 2.24. The van der Waals surface area contributed by atoms with Gasteiger partial charge in [-0.2, -0.15) is 4.99 Å². The van der Waals surface area contributed by atoms with Crippen molar-refractivity contribution in [1.82, 2.24) is 0 Å². The number of rotatable bonds is 2. The molecule has 1 aromatic carbocycles. The van der Waals surface area contributed by atoms with Crippen molar-refractivity contribution >= 4 is 17.7 Å². The molecule has 0 aliphatic heterocycles. The third-order valence-corrected chi connectivity index (χ3v) is 1.63. The van der Waals surface area contributed by atoms with Crippen molar-refractivity contribution in [3.63, 3.8) is 0 Å². The van der Waals surface area contributed by atoms with E-state index in [2.05, 4.69) is 9.73 Å². The Bertz CT molecular complexity index is 453. The summed E-state index contributed by atoms with van der Waals surface area (Å²) in [5.41, 5.74) is -1.04. The van der Waals surface area contributed by atoms with Crippen LogP contribution in [0, 0.1) is 11.6 Å². The molecule has 0 amide bonds. The molecule has 15 heavy (non-hydrogen) atoms. The number of hydrogen-bond acceptors (Lipinski definition) is 4. The van der Waals surface area contributed by atoms with Crippen LogP contribution < -0.4 is 0 Å². The lowest BCUT2D eigenvalue weighted by molar-refractivity contribution is 0.0601. The Morgan fingerprint density at radius 2 is 2.13 bits per heavy atom. The largest absolute Gasteiger partial charge is 0.465 e. The second-order valence-electron chi connectivity index (χ2n) is 2.45. The molecule has 78 valence electrons. The van der Waals surface area contributed by atoms with Crippen molar-refractivity contribution in [1.29, 1.82) is 0 Å². The highest BCUT2D eigenvalue weighted by atomic mass is 19.2. The van der Waals surface area contributed by atoms with Gasteiger partial charge in [-0.1, -0.05) is 0 Å². The summed E-state index contributed by atoms with van der Waals surface area (Å²) in [6, 6.07) is 1.71. The van der Waals surface area contributed by atoms with Gasteiger partial charge < -0.3 is 4.74 Å². The minimum absolute atomic E-state index is 0.334. The van der Waals surface area contributed by atoms with Gasteiger partial charge in [0.1, 0.15) is 5.69 Å². The fourth-order valence-corrected chi connectivity index (χ4v) is 0.970. The molecule has 0 radical (unpaired) electrons. The Labute approximate surface area is 83.2 Å². The van der Waals surface area contributed by atoms with E-state index < -0.39 is 23.3 Å². The lowest BCUT2D eigenvalue weighted by Gasteiger charge is -2.03. The monoisotopic (exact) mass is 213 g/mol. The van der Waals surface area contributed by atoms with Gasteiger partial charge in [0, 0.05) is 0 Å². The van der Waals surface area contributed by atoms with Crippen LogP contribution in [0.1, 0.15) is 10.4 Å². The molecular formula is C9H5F2NO3. The highest BCUT2D eigenvalue weighted by Crippen LogP contribution is 2.25. The zero-order valence-corrected chi connectivity index (χ0v) is 7.58. The Balaban J connectivity index is 3.46. The molecule has 0 fully saturated rings. The van der Waals surface area contributed by atoms with Crippen molar-refractivity contribution in [3.8, 4) is 0 Å². The summed E-state index contributed by atoms with van der Waals surface area (Å²) in [4.78, 5) is 24.0. The molecule has 0 aliphatic carbocycles. The van der Waals surface area contributed by atoms with Crippen molar-refractivity contribution in [2.75, 3.05) is 7.11 Å². The van der Waals surface area contributed by atoms with Crippen LogP contribution in [0.15, 0.2) is 17.1 Å². The number of methoxy groups -OCH3 is 1. The molecule has 0 saturated heterocycles. The summed E-state index contributed by atoms with van der Waals surface area (Å²) in [5, 5.41) is 0. The number of halogens is 2. The predicted octanol–water partition coefficient (Wildman–Crippen LogP) is 1.72. The van der Waals surface area contributed by atoms with Crippen LogP contribution in [0.25, 0.3) is 0 Å². The molecule has 0 aromatic heterocycles. The molecule has 6 heteroatoms. The van der Waals surface area contributed by atoms with Crippen LogP contribution in [0.4, 0.5) is 14.5 Å². The molecule has 0 atom stereocenters. The van der Waals surface area contributed by atoms with Crippen molar-refractivity contribution in [2.45, 2.75) is 0 Å². The van der Waals surface area contributed by atoms with Gasteiger partial charge in [0.05, 0.1) is 12.7 Å². The van der Waals surface area contributed by atoms with Crippen LogP contribution in [-0.2, 0) is 9.53 Å². The molecule has 0 aliphatic rings. The van der Waals surface area contributed by atoms with Crippen molar-refractivity contribution < 1.29 is 23.1 Å². The number of esters is 1. The van der Waals surface area contributed by atoms with Gasteiger partial charge in [-0.3, -0.25) is 0 Å². The molecule has 0 spiro atoms. The van der Waals surface area contributed by atoms with Gasteiger partial charge in [0.25, 0.3) is 0 Å². The van der Waals surface area contributed by atoms with Crippen LogP contribution in [-0.4, -0.2) is 19.2 Å². The summed E-state index contributed by atoms with van der Waals surface area (Å²) in [7, 11) is 1.07. The fourth-order valence-electron chi connectivity index (χ4n) is 0.970. The van der Waals surface area contributed by atoms with Gasteiger partial charge in [0.15, 0.2) is 11.6 Å². The summed E-state index contributed by atoms with van der Waals surface area (Å²) in [5.74, 6) is -3.51. The lowest BCUT2D eigenvalue weighted by atomic mass is 10.1. The maximum atomic E-state index is 13.1. The smallest absolute Gasteiger partial charge is 0.340 e. The van der Waals surface area contributed by atoms with Crippen LogP contribution >= 0.6 is 0 Å². The first kappa shape index (κ1) is 11.0. The highest BCUT2D eigenvalue weighted by molar-refractivity contribution is 5.95. The van der Waals surface area contributed by atoms with Gasteiger partial charge in [0.2, 0.25) is 6.08 Å². The van der Waals surface area contributed by atoms with E-state index in [4.69, 9.17) is 0 Å². The quantitative estimate of drug-likeness (QED) is 0.427. The highest BCUT2D eigenvalue weighted by Gasteiger charge is 2.18. The molecular weight excluding hydrogens is 208 g/mol. The Kier molecular flexibility index (Phi) is 3.25. The second-order valence-corrected chi connectivity index (χ2v) is 2.45. The van der Waals surface area contributed by atoms with Gasteiger partial charge in [-0.25, -0.2) is 18.4 Å². The van der Waals surface area contributed by atoms with Gasteiger partial charge in [-0.15, -0.1) is 0 Å². The summed E-state index contributed by atoms with van der Waals surface area (Å²) < 4.78 is 30.1. The first-order valence-corrected chi connectivity index (χ1v) is 3.76. The first-order valence-electron chi connectivity index (χ1n) is 3.76. The zero-order valence-electron chi connectivity index (χ0n) is 7.58. The van der Waals surface area contributed by atoms with E-state index in [0.29, 0.717) is 0 Å². The van der Waals surface area contributed by atoms with E-state index in [1.54, 1.807) is 0 Å². The normalized spacial score (nSPS) is 9.27. The number of aliphatic imine (C=N–C) groups is 1. The second kappa shape index (κ2) is 4.43. The van der Waals surface area contributed by atoms with E-state index >= 15 is 0 Å². The molecule has 0 N–H and O–H groups in total. The molecule has 0 bridgehead atoms. The van der Waals surface area contributed by atoms with E-state index in [0.717, 1.165) is 25.3 Å². The Morgan fingerprint density at radius 3 is 2.67 bits per heavy atom. The molecule has 0 unspecified atom stereocenters. The first-order chi connectivity index (χ1) is 7.11. The van der Waals surface area contributed by atoms with Crippen molar-refractivity contribution in [3.05, 3.63) is 29.3 Å². The Hall–Kier alpha value is -2.07. The fraction of sp³-hybridized carbons (Fsp3) is 0.111. The van der Waals surface area contributed by atoms with E-state index in [1.807, 2.05) is 0 Å². The molecule has 1 aromatic rings. The number of isocyanates is 1. The molecule has 0 saturated carbocycles. The summed E-state index contributed by atoms with van der Waals surface area (Å²) >= 11 is 0. The lowest BCUT2D eigenvalue weighted by Crippen LogP contribution is -2.03. The summed E-state index contributed by atoms with van der Waals surface area (Å²) in [6.45, 7) is 0.